The zero-order valence-corrected chi connectivity index (χ0v) is 16.5. The first-order valence-electron chi connectivity index (χ1n) is 8.62. The van der Waals surface area contributed by atoms with Crippen molar-refractivity contribution in [3.63, 3.8) is 0 Å². The normalized spacial score (nSPS) is 10.6. The van der Waals surface area contributed by atoms with E-state index in [1.165, 1.54) is 18.1 Å². The van der Waals surface area contributed by atoms with E-state index in [1.54, 1.807) is 4.90 Å². The van der Waals surface area contributed by atoms with Gasteiger partial charge in [-0.05, 0) is 29.3 Å². The van der Waals surface area contributed by atoms with Crippen LogP contribution in [-0.2, 0) is 12.3 Å². The number of anilines is 1. The zero-order valence-electron chi connectivity index (χ0n) is 15.7. The van der Waals surface area contributed by atoms with E-state index in [-0.39, 0.29) is 5.91 Å². The summed E-state index contributed by atoms with van der Waals surface area (Å²) in [6.07, 6.45) is 1.48. The maximum Gasteiger partial charge on any atom is 0.254 e. The van der Waals surface area contributed by atoms with Gasteiger partial charge in [-0.3, -0.25) is 9.89 Å². The fourth-order valence-corrected chi connectivity index (χ4v) is 3.50. The lowest BCUT2D eigenvalue weighted by atomic mass is 10.1. The average Bonchev–Trinajstić information content (AvgIpc) is 3.20. The molecule has 27 heavy (non-hydrogen) atoms. The number of rotatable bonds is 7. The van der Waals surface area contributed by atoms with Crippen LogP contribution in [0, 0.1) is 0 Å². The number of carbonyl (C=O) groups is 1. The van der Waals surface area contributed by atoms with Gasteiger partial charge in [-0.2, -0.15) is 5.10 Å². The van der Waals surface area contributed by atoms with Gasteiger partial charge < -0.3 is 9.80 Å². The molecule has 6 nitrogen and oxygen atoms in total. The van der Waals surface area contributed by atoms with Gasteiger partial charge in [0.15, 0.2) is 5.16 Å². The van der Waals surface area contributed by atoms with Gasteiger partial charge >= 0.3 is 0 Å². The first kappa shape index (κ1) is 19.0. The van der Waals surface area contributed by atoms with Crippen molar-refractivity contribution in [2.45, 2.75) is 17.5 Å². The lowest BCUT2D eigenvalue weighted by molar-refractivity contribution is 0.0784. The number of nitrogens with one attached hydrogen (secondary N) is 1. The van der Waals surface area contributed by atoms with E-state index in [0.29, 0.717) is 12.3 Å². The van der Waals surface area contributed by atoms with Crippen molar-refractivity contribution < 1.29 is 4.79 Å². The molecule has 3 rings (SSSR count). The van der Waals surface area contributed by atoms with Gasteiger partial charge in [0.1, 0.15) is 6.33 Å². The molecule has 0 radical (unpaired) electrons. The largest absolute Gasteiger partial charge is 0.378 e. The molecule has 0 spiro atoms. The topological polar surface area (TPSA) is 65.1 Å². The van der Waals surface area contributed by atoms with Gasteiger partial charge in [-0.1, -0.05) is 42.1 Å². The second-order valence-corrected chi connectivity index (χ2v) is 7.42. The molecular weight excluding hydrogens is 358 g/mol. The summed E-state index contributed by atoms with van der Waals surface area (Å²) in [5, 5.41) is 7.42. The minimum Gasteiger partial charge on any atom is -0.378 e. The van der Waals surface area contributed by atoms with Gasteiger partial charge in [-0.15, -0.1) is 0 Å². The Bertz CT molecular complexity index is 878. The highest BCUT2D eigenvalue weighted by Crippen LogP contribution is 2.22. The van der Waals surface area contributed by atoms with Crippen LogP contribution < -0.4 is 4.90 Å². The third-order valence-corrected chi connectivity index (χ3v) is 5.15. The van der Waals surface area contributed by atoms with E-state index in [9.17, 15) is 4.79 Å². The Kier molecular flexibility index (Phi) is 6.13. The molecule has 1 N–H and O–H groups in total. The highest BCUT2D eigenvalue weighted by atomic mass is 32.2. The van der Waals surface area contributed by atoms with E-state index >= 15 is 0 Å². The summed E-state index contributed by atoms with van der Waals surface area (Å²) >= 11 is 1.53. The number of hydrogen-bond acceptors (Lipinski definition) is 5. The lowest BCUT2D eigenvalue weighted by Crippen LogP contribution is -2.27. The molecule has 0 aliphatic heterocycles. The van der Waals surface area contributed by atoms with E-state index < -0.39 is 0 Å². The molecule has 2 aromatic carbocycles. The number of H-pyrrole nitrogens is 1. The van der Waals surface area contributed by atoms with Gasteiger partial charge in [0.25, 0.3) is 5.91 Å². The van der Waals surface area contributed by atoms with Gasteiger partial charge in [0.2, 0.25) is 0 Å². The minimum absolute atomic E-state index is 0.0143. The van der Waals surface area contributed by atoms with E-state index in [4.69, 9.17) is 0 Å². The Morgan fingerprint density at radius 2 is 1.81 bits per heavy atom. The van der Waals surface area contributed by atoms with Crippen LogP contribution in [0.1, 0.15) is 21.5 Å². The molecule has 0 unspecified atom stereocenters. The van der Waals surface area contributed by atoms with Crippen LogP contribution in [0.2, 0.25) is 0 Å². The summed E-state index contributed by atoms with van der Waals surface area (Å²) in [6, 6.07) is 16.0. The van der Waals surface area contributed by atoms with Crippen molar-refractivity contribution in [3.05, 3.63) is 71.5 Å². The Balaban J connectivity index is 1.69. The molecule has 0 aliphatic rings. The monoisotopic (exact) mass is 381 g/mol. The first-order chi connectivity index (χ1) is 13.0. The molecule has 140 valence electrons. The molecule has 0 bridgehead atoms. The number of thioether (sulfide) groups is 1. The van der Waals surface area contributed by atoms with Crippen molar-refractivity contribution >= 4 is 23.4 Å². The molecule has 1 amide bonds. The number of aromatic amines is 1. The molecule has 0 saturated carbocycles. The smallest absolute Gasteiger partial charge is 0.254 e. The average molecular weight is 382 g/mol. The quantitative estimate of drug-likeness (QED) is 0.635. The predicted octanol–water partition coefficient (Wildman–Crippen LogP) is 3.44. The number of aromatic nitrogens is 3. The second-order valence-electron chi connectivity index (χ2n) is 6.46. The standard InChI is InChI=1S/C20H23N5OS/c1-24(2)17-10-8-15(9-11-17)12-25(3)19(26)18-7-5-4-6-16(18)13-27-20-21-14-22-23-20/h4-11,14H,12-13H2,1-3H3,(H,21,22,23). The third-order valence-electron chi connectivity index (χ3n) is 4.22. The molecule has 0 fully saturated rings. The molecule has 1 aromatic heterocycles. The summed E-state index contributed by atoms with van der Waals surface area (Å²) in [5.74, 6) is 0.670. The fourth-order valence-electron chi connectivity index (χ4n) is 2.72. The highest BCUT2D eigenvalue weighted by molar-refractivity contribution is 7.98. The SMILES string of the molecule is CN(Cc1ccc(N(C)C)cc1)C(=O)c1ccccc1CSc1ncn[nH]1. The minimum atomic E-state index is 0.0143. The Morgan fingerprint density at radius 3 is 2.48 bits per heavy atom. The summed E-state index contributed by atoms with van der Waals surface area (Å²) in [6.45, 7) is 0.566. The Morgan fingerprint density at radius 1 is 1.07 bits per heavy atom. The molecular formula is C20H23N5OS. The molecule has 1 heterocycles. The van der Waals surface area contributed by atoms with Gasteiger partial charge in [-0.25, -0.2) is 4.98 Å². The van der Waals surface area contributed by atoms with Crippen molar-refractivity contribution in [2.75, 3.05) is 26.0 Å². The van der Waals surface area contributed by atoms with Crippen LogP contribution in [0.3, 0.4) is 0 Å². The molecule has 0 atom stereocenters. The summed E-state index contributed by atoms with van der Waals surface area (Å²) in [4.78, 5) is 20.9. The van der Waals surface area contributed by atoms with E-state index in [0.717, 1.165) is 27.5 Å². The number of hydrogen-bond donors (Lipinski definition) is 1. The Hall–Kier alpha value is -2.80. The van der Waals surface area contributed by atoms with Crippen molar-refractivity contribution in [1.82, 2.24) is 20.1 Å². The van der Waals surface area contributed by atoms with Gasteiger partial charge in [0, 0.05) is 44.7 Å². The molecule has 3 aromatic rings. The van der Waals surface area contributed by atoms with Crippen LogP contribution in [0.25, 0.3) is 0 Å². The highest BCUT2D eigenvalue weighted by Gasteiger charge is 2.16. The zero-order chi connectivity index (χ0) is 19.2. The number of carbonyl (C=O) groups excluding carboxylic acids is 1. The summed E-state index contributed by atoms with van der Waals surface area (Å²) in [7, 11) is 5.86. The maximum atomic E-state index is 13.0. The van der Waals surface area contributed by atoms with Crippen LogP contribution >= 0.6 is 11.8 Å². The van der Waals surface area contributed by atoms with Crippen LogP contribution in [0.5, 0.6) is 0 Å². The van der Waals surface area contributed by atoms with Crippen molar-refractivity contribution in [1.29, 1.82) is 0 Å². The fraction of sp³-hybridized carbons (Fsp3) is 0.250. The molecule has 0 saturated heterocycles. The lowest BCUT2D eigenvalue weighted by Gasteiger charge is -2.20. The number of benzene rings is 2. The number of nitrogens with zero attached hydrogens (tertiary/aromatic N) is 4. The van der Waals surface area contributed by atoms with Crippen LogP contribution in [-0.4, -0.2) is 47.1 Å². The van der Waals surface area contributed by atoms with E-state index in [2.05, 4.69) is 44.3 Å². The number of amides is 1. The predicted molar refractivity (Wildman–Crippen MR) is 109 cm³/mol. The Labute approximate surface area is 163 Å². The maximum absolute atomic E-state index is 13.0. The second kappa shape index (κ2) is 8.73. The first-order valence-corrected chi connectivity index (χ1v) is 9.61. The van der Waals surface area contributed by atoms with E-state index in [1.807, 2.05) is 45.4 Å². The van der Waals surface area contributed by atoms with Crippen LogP contribution in [0.4, 0.5) is 5.69 Å². The van der Waals surface area contributed by atoms with Crippen molar-refractivity contribution in [2.24, 2.45) is 0 Å². The molecule has 0 aliphatic carbocycles. The van der Waals surface area contributed by atoms with Crippen LogP contribution in [0.15, 0.2) is 60.0 Å². The molecule has 7 heteroatoms. The summed E-state index contributed by atoms with van der Waals surface area (Å²) in [5.41, 5.74) is 3.95. The third kappa shape index (κ3) is 4.89. The summed E-state index contributed by atoms with van der Waals surface area (Å²) < 4.78 is 0. The van der Waals surface area contributed by atoms with Gasteiger partial charge in [0.05, 0.1) is 0 Å². The van der Waals surface area contributed by atoms with Crippen molar-refractivity contribution in [3.8, 4) is 0 Å².